The molecule has 1 aromatic rings. The molecule has 0 radical (unpaired) electrons. The van der Waals surface area contributed by atoms with Gasteiger partial charge in [-0.25, -0.2) is 0 Å². The Morgan fingerprint density at radius 1 is 1.18 bits per heavy atom. The van der Waals surface area contributed by atoms with Gasteiger partial charge in [0.1, 0.15) is 0 Å². The maximum absolute atomic E-state index is 11.5. The number of hydrogen-bond acceptors (Lipinski definition) is 1. The number of aromatic amines is 1. The van der Waals surface area contributed by atoms with Crippen LogP contribution in [0.4, 0.5) is 0 Å². The van der Waals surface area contributed by atoms with Gasteiger partial charge < -0.3 is 0 Å². The summed E-state index contributed by atoms with van der Waals surface area (Å²) in [6, 6.07) is 1.76. The van der Waals surface area contributed by atoms with E-state index in [-0.39, 0.29) is 5.56 Å². The van der Waals surface area contributed by atoms with Crippen LogP contribution in [-0.2, 0) is 7.05 Å². The lowest BCUT2D eigenvalue weighted by atomic mass is 9.93. The van der Waals surface area contributed by atoms with Crippen molar-refractivity contribution in [1.29, 1.82) is 0 Å². The van der Waals surface area contributed by atoms with Gasteiger partial charge in [-0.2, -0.15) is 0 Å². The summed E-state index contributed by atoms with van der Waals surface area (Å²) >= 11 is 0. The molecule has 3 heteroatoms. The number of rotatable bonds is 8. The Bertz CT molecular complexity index is 365. The van der Waals surface area contributed by atoms with Crippen molar-refractivity contribution < 1.29 is 0 Å². The minimum atomic E-state index is 0.0784. The van der Waals surface area contributed by atoms with Gasteiger partial charge in [-0.3, -0.25) is 14.6 Å². The Morgan fingerprint density at radius 3 is 2.47 bits per heavy atom. The molecule has 0 amide bonds. The molecule has 17 heavy (non-hydrogen) atoms. The molecule has 0 saturated carbocycles. The van der Waals surface area contributed by atoms with Crippen LogP contribution < -0.4 is 5.56 Å². The average molecular weight is 238 g/mol. The van der Waals surface area contributed by atoms with Crippen molar-refractivity contribution in [3.05, 3.63) is 22.1 Å². The van der Waals surface area contributed by atoms with E-state index in [0.29, 0.717) is 5.92 Å². The van der Waals surface area contributed by atoms with Crippen molar-refractivity contribution in [2.24, 2.45) is 7.05 Å². The predicted octanol–water partition coefficient (Wildman–Crippen LogP) is 3.57. The summed E-state index contributed by atoms with van der Waals surface area (Å²) in [5.74, 6) is 0.533. The second-order valence-corrected chi connectivity index (χ2v) is 4.94. The van der Waals surface area contributed by atoms with Crippen LogP contribution in [0.2, 0.25) is 0 Å². The van der Waals surface area contributed by atoms with E-state index in [1.165, 1.54) is 44.9 Å². The zero-order valence-electron chi connectivity index (χ0n) is 11.5. The first-order valence-electron chi connectivity index (χ1n) is 6.95. The molecule has 98 valence electrons. The quantitative estimate of drug-likeness (QED) is 0.691. The molecule has 3 nitrogen and oxygen atoms in total. The summed E-state index contributed by atoms with van der Waals surface area (Å²) in [5, 5.41) is 3.17. The summed E-state index contributed by atoms with van der Waals surface area (Å²) in [6.07, 6.45) is 8.74. The number of aryl methyl sites for hydroxylation is 1. The fourth-order valence-electron chi connectivity index (χ4n) is 2.34. The fraction of sp³-hybridized carbons (Fsp3) is 0.786. The van der Waals surface area contributed by atoms with E-state index >= 15 is 0 Å². The smallest absolute Gasteiger partial charge is 0.266 e. The summed E-state index contributed by atoms with van der Waals surface area (Å²) in [4.78, 5) is 11.5. The largest absolute Gasteiger partial charge is 0.300 e. The molecule has 0 aliphatic rings. The first-order valence-corrected chi connectivity index (χ1v) is 6.95. The number of hydrogen-bond donors (Lipinski definition) is 1. The zero-order valence-corrected chi connectivity index (χ0v) is 11.5. The molecule has 1 aromatic heterocycles. The fourth-order valence-corrected chi connectivity index (χ4v) is 2.34. The van der Waals surface area contributed by atoms with E-state index in [4.69, 9.17) is 0 Å². The molecule has 1 rings (SSSR count). The van der Waals surface area contributed by atoms with Crippen LogP contribution in [0.3, 0.4) is 0 Å². The average Bonchev–Trinajstić information content (AvgIpc) is 2.63. The van der Waals surface area contributed by atoms with Crippen LogP contribution in [0.1, 0.15) is 70.4 Å². The van der Waals surface area contributed by atoms with Gasteiger partial charge in [0, 0.05) is 24.7 Å². The highest BCUT2D eigenvalue weighted by molar-refractivity contribution is 5.06. The lowest BCUT2D eigenvalue weighted by Gasteiger charge is -2.14. The molecule has 1 heterocycles. The summed E-state index contributed by atoms with van der Waals surface area (Å²) in [5.41, 5.74) is 1.20. The van der Waals surface area contributed by atoms with Crippen molar-refractivity contribution in [1.82, 2.24) is 9.78 Å². The maximum Gasteiger partial charge on any atom is 0.266 e. The molecule has 1 unspecified atom stereocenters. The van der Waals surface area contributed by atoms with E-state index in [1.54, 1.807) is 17.8 Å². The number of aromatic nitrogens is 2. The van der Waals surface area contributed by atoms with Crippen LogP contribution in [0.25, 0.3) is 0 Å². The van der Waals surface area contributed by atoms with Gasteiger partial charge in [0.15, 0.2) is 0 Å². The van der Waals surface area contributed by atoms with E-state index in [1.807, 2.05) is 0 Å². The minimum Gasteiger partial charge on any atom is -0.300 e. The highest BCUT2D eigenvalue weighted by Gasteiger charge is 2.13. The van der Waals surface area contributed by atoms with Gasteiger partial charge in [0.05, 0.1) is 0 Å². The van der Waals surface area contributed by atoms with Crippen molar-refractivity contribution >= 4 is 0 Å². The Balaban J connectivity index is 2.55. The second kappa shape index (κ2) is 7.36. The van der Waals surface area contributed by atoms with E-state index < -0.39 is 0 Å². The Hall–Kier alpha value is -0.990. The van der Waals surface area contributed by atoms with E-state index in [2.05, 4.69) is 18.9 Å². The van der Waals surface area contributed by atoms with Gasteiger partial charge in [-0.15, -0.1) is 0 Å². The topological polar surface area (TPSA) is 37.8 Å². The number of H-pyrrole nitrogens is 1. The zero-order chi connectivity index (χ0) is 12.7. The van der Waals surface area contributed by atoms with Crippen molar-refractivity contribution in [3.8, 4) is 0 Å². The highest BCUT2D eigenvalue weighted by Crippen LogP contribution is 2.25. The monoisotopic (exact) mass is 238 g/mol. The predicted molar refractivity (Wildman–Crippen MR) is 72.4 cm³/mol. The third-order valence-corrected chi connectivity index (χ3v) is 3.39. The number of nitrogens with one attached hydrogen (secondary N) is 1. The Kier molecular flexibility index (Phi) is 6.09. The van der Waals surface area contributed by atoms with Crippen molar-refractivity contribution in [2.45, 2.75) is 64.7 Å². The minimum absolute atomic E-state index is 0.0784. The standard InChI is InChI=1S/C14H26N2O/c1-4-6-7-8-10-12(9-5-2)13-11-14(17)16(3)15-13/h11-12,15H,4-10H2,1-3H3. The lowest BCUT2D eigenvalue weighted by Crippen LogP contribution is -2.09. The molecule has 0 saturated heterocycles. The summed E-state index contributed by atoms with van der Waals surface area (Å²) < 4.78 is 1.57. The molecule has 1 N–H and O–H groups in total. The van der Waals surface area contributed by atoms with Crippen LogP contribution >= 0.6 is 0 Å². The third kappa shape index (κ3) is 4.41. The number of nitrogens with zero attached hydrogens (tertiary/aromatic N) is 1. The van der Waals surface area contributed by atoms with E-state index in [9.17, 15) is 4.79 Å². The number of unbranched alkanes of at least 4 members (excludes halogenated alkanes) is 3. The van der Waals surface area contributed by atoms with Crippen molar-refractivity contribution in [3.63, 3.8) is 0 Å². The molecule has 0 aliphatic carbocycles. The second-order valence-electron chi connectivity index (χ2n) is 4.94. The molecule has 0 spiro atoms. The van der Waals surface area contributed by atoms with Gasteiger partial charge in [-0.1, -0.05) is 46.0 Å². The van der Waals surface area contributed by atoms with Gasteiger partial charge in [0.25, 0.3) is 5.56 Å². The van der Waals surface area contributed by atoms with Gasteiger partial charge in [-0.05, 0) is 12.8 Å². The highest BCUT2D eigenvalue weighted by atomic mass is 16.1. The Labute approximate surface area is 104 Å². The van der Waals surface area contributed by atoms with Crippen molar-refractivity contribution in [2.75, 3.05) is 0 Å². The molecule has 0 aliphatic heterocycles. The van der Waals surface area contributed by atoms with Crippen LogP contribution in [0.15, 0.2) is 10.9 Å². The molecule has 1 atom stereocenters. The summed E-state index contributed by atoms with van der Waals surface area (Å²) in [6.45, 7) is 4.44. The third-order valence-electron chi connectivity index (χ3n) is 3.39. The SMILES string of the molecule is CCCCCCC(CCC)c1cc(=O)n(C)[nH]1. The first-order chi connectivity index (χ1) is 8.19. The normalized spacial score (nSPS) is 12.9. The van der Waals surface area contributed by atoms with Crippen LogP contribution in [-0.4, -0.2) is 9.78 Å². The van der Waals surface area contributed by atoms with Crippen LogP contribution in [0, 0.1) is 0 Å². The van der Waals surface area contributed by atoms with E-state index in [0.717, 1.165) is 5.69 Å². The molecular weight excluding hydrogens is 212 g/mol. The Morgan fingerprint density at radius 2 is 1.94 bits per heavy atom. The van der Waals surface area contributed by atoms with Gasteiger partial charge in [0.2, 0.25) is 0 Å². The summed E-state index contributed by atoms with van der Waals surface area (Å²) in [7, 11) is 1.78. The molecule has 0 fully saturated rings. The lowest BCUT2D eigenvalue weighted by molar-refractivity contribution is 0.506. The molecular formula is C14H26N2O. The van der Waals surface area contributed by atoms with Crippen LogP contribution in [0.5, 0.6) is 0 Å². The molecule has 0 aromatic carbocycles. The van der Waals surface area contributed by atoms with Gasteiger partial charge >= 0.3 is 0 Å². The first kappa shape index (κ1) is 14.1. The maximum atomic E-state index is 11.5. The molecule has 0 bridgehead atoms.